The van der Waals surface area contributed by atoms with E-state index in [4.69, 9.17) is 0 Å². The third-order valence-corrected chi connectivity index (χ3v) is 3.20. The van der Waals surface area contributed by atoms with Crippen LogP contribution in [0.4, 0.5) is 0 Å². The summed E-state index contributed by atoms with van der Waals surface area (Å²) in [5.74, 6) is 0. The van der Waals surface area contributed by atoms with E-state index in [-0.39, 0.29) is 10.3 Å². The molecule has 0 aliphatic heterocycles. The molecular weight excluding hydrogens is 224 g/mol. The lowest BCUT2D eigenvalue weighted by atomic mass is 9.83. The summed E-state index contributed by atoms with van der Waals surface area (Å²) in [7, 11) is -4.20. The maximum atomic E-state index is 11.3. The van der Waals surface area contributed by atoms with Crippen molar-refractivity contribution in [2.45, 2.75) is 31.1 Å². The average molecular weight is 240 g/mol. The van der Waals surface area contributed by atoms with Gasteiger partial charge in [0.25, 0.3) is 10.1 Å². The molecule has 88 valence electrons. The van der Waals surface area contributed by atoms with Crippen LogP contribution in [0.5, 0.6) is 0 Å². The van der Waals surface area contributed by atoms with Crippen molar-refractivity contribution in [3.63, 3.8) is 0 Å². The largest absolute Gasteiger partial charge is 0.294 e. The van der Waals surface area contributed by atoms with E-state index in [2.05, 4.69) is 6.58 Å². The standard InChI is InChI=1S/C12H16O3S/c1-5-9-7-6-8-10(16(13,14)15)11(9)12(2,3)4/h5-8H,1H2,2-4H3,(H,13,14,15). The highest BCUT2D eigenvalue weighted by Crippen LogP contribution is 2.32. The molecule has 0 amide bonds. The van der Waals surface area contributed by atoms with E-state index in [0.29, 0.717) is 5.56 Å². The Morgan fingerprint density at radius 2 is 1.88 bits per heavy atom. The lowest BCUT2D eigenvalue weighted by molar-refractivity contribution is 0.476. The number of benzene rings is 1. The summed E-state index contributed by atoms with van der Waals surface area (Å²) >= 11 is 0. The molecule has 0 atom stereocenters. The Morgan fingerprint density at radius 3 is 2.25 bits per heavy atom. The minimum Gasteiger partial charge on any atom is -0.282 e. The fraction of sp³-hybridized carbons (Fsp3) is 0.333. The molecule has 0 radical (unpaired) electrons. The molecule has 0 aliphatic carbocycles. The lowest BCUT2D eigenvalue weighted by Crippen LogP contribution is -2.18. The Balaban J connectivity index is 3.71. The van der Waals surface area contributed by atoms with Gasteiger partial charge in [-0.05, 0) is 22.6 Å². The smallest absolute Gasteiger partial charge is 0.282 e. The van der Waals surface area contributed by atoms with Gasteiger partial charge in [-0.15, -0.1) is 0 Å². The first-order valence-electron chi connectivity index (χ1n) is 4.91. The van der Waals surface area contributed by atoms with Gasteiger partial charge in [0.2, 0.25) is 0 Å². The quantitative estimate of drug-likeness (QED) is 0.809. The molecular formula is C12H16O3S. The van der Waals surface area contributed by atoms with Gasteiger partial charge in [-0.3, -0.25) is 4.55 Å². The Kier molecular flexibility index (Phi) is 3.26. The van der Waals surface area contributed by atoms with Crippen molar-refractivity contribution in [3.8, 4) is 0 Å². The molecule has 0 bridgehead atoms. The minimum absolute atomic E-state index is 0.0441. The lowest BCUT2D eigenvalue weighted by Gasteiger charge is -2.24. The van der Waals surface area contributed by atoms with Gasteiger partial charge in [-0.2, -0.15) is 8.42 Å². The van der Waals surface area contributed by atoms with Gasteiger partial charge in [-0.25, -0.2) is 0 Å². The molecule has 0 fully saturated rings. The SMILES string of the molecule is C=Cc1cccc(S(=O)(=O)O)c1C(C)(C)C. The fourth-order valence-electron chi connectivity index (χ4n) is 1.74. The summed E-state index contributed by atoms with van der Waals surface area (Å²) in [6.07, 6.45) is 1.59. The van der Waals surface area contributed by atoms with Crippen LogP contribution in [0.3, 0.4) is 0 Å². The molecule has 0 saturated carbocycles. The van der Waals surface area contributed by atoms with E-state index >= 15 is 0 Å². The minimum atomic E-state index is -4.20. The third kappa shape index (κ3) is 2.51. The van der Waals surface area contributed by atoms with Gasteiger partial charge in [0, 0.05) is 0 Å². The molecule has 0 aliphatic rings. The average Bonchev–Trinajstić information content (AvgIpc) is 2.13. The molecule has 1 N–H and O–H groups in total. The predicted molar refractivity (Wildman–Crippen MR) is 65.0 cm³/mol. The Hall–Kier alpha value is -1.13. The normalized spacial score (nSPS) is 12.5. The van der Waals surface area contributed by atoms with E-state index < -0.39 is 10.1 Å². The molecule has 0 spiro atoms. The second-order valence-electron chi connectivity index (χ2n) is 4.65. The van der Waals surface area contributed by atoms with Crippen LogP contribution in [-0.4, -0.2) is 13.0 Å². The van der Waals surface area contributed by atoms with Crippen LogP contribution in [0.25, 0.3) is 6.08 Å². The van der Waals surface area contributed by atoms with E-state index in [0.717, 1.165) is 5.56 Å². The predicted octanol–water partition coefficient (Wildman–Crippen LogP) is 2.87. The molecule has 1 aromatic carbocycles. The van der Waals surface area contributed by atoms with E-state index in [1.54, 1.807) is 18.2 Å². The first kappa shape index (κ1) is 12.9. The molecule has 3 nitrogen and oxygen atoms in total. The molecule has 0 saturated heterocycles. The second kappa shape index (κ2) is 4.03. The van der Waals surface area contributed by atoms with Crippen LogP contribution in [0.2, 0.25) is 0 Å². The summed E-state index contributed by atoms with van der Waals surface area (Å²) in [5, 5.41) is 0. The summed E-state index contributed by atoms with van der Waals surface area (Å²) in [4.78, 5) is -0.0441. The Labute approximate surface area is 96.6 Å². The first-order valence-corrected chi connectivity index (χ1v) is 6.35. The summed E-state index contributed by atoms with van der Waals surface area (Å²) in [6.45, 7) is 9.33. The van der Waals surface area contributed by atoms with Gasteiger partial charge in [-0.1, -0.05) is 45.6 Å². The van der Waals surface area contributed by atoms with Crippen LogP contribution in [0.15, 0.2) is 29.7 Å². The van der Waals surface area contributed by atoms with Crippen molar-refractivity contribution in [2.24, 2.45) is 0 Å². The molecule has 0 heterocycles. The Morgan fingerprint density at radius 1 is 1.31 bits per heavy atom. The Bertz CT molecular complexity index is 508. The molecule has 1 aromatic rings. The van der Waals surface area contributed by atoms with Crippen LogP contribution in [0.1, 0.15) is 31.9 Å². The number of rotatable bonds is 2. The molecule has 4 heteroatoms. The highest BCUT2D eigenvalue weighted by atomic mass is 32.2. The van der Waals surface area contributed by atoms with Crippen LogP contribution < -0.4 is 0 Å². The molecule has 0 unspecified atom stereocenters. The zero-order valence-electron chi connectivity index (χ0n) is 9.69. The zero-order chi connectivity index (χ0) is 12.6. The van der Waals surface area contributed by atoms with Gasteiger partial charge in [0.15, 0.2) is 0 Å². The topological polar surface area (TPSA) is 54.4 Å². The van der Waals surface area contributed by atoms with Crippen molar-refractivity contribution in [1.29, 1.82) is 0 Å². The maximum absolute atomic E-state index is 11.3. The molecule has 16 heavy (non-hydrogen) atoms. The zero-order valence-corrected chi connectivity index (χ0v) is 10.5. The van der Waals surface area contributed by atoms with Crippen molar-refractivity contribution >= 4 is 16.2 Å². The van der Waals surface area contributed by atoms with Crippen molar-refractivity contribution < 1.29 is 13.0 Å². The van der Waals surface area contributed by atoms with Crippen LogP contribution in [-0.2, 0) is 15.5 Å². The maximum Gasteiger partial charge on any atom is 0.294 e. The molecule has 0 aromatic heterocycles. The fourth-order valence-corrected chi connectivity index (χ4v) is 2.67. The second-order valence-corrected chi connectivity index (χ2v) is 6.04. The third-order valence-electron chi connectivity index (χ3n) is 2.31. The summed E-state index contributed by atoms with van der Waals surface area (Å²) in [5.41, 5.74) is 0.936. The highest BCUT2D eigenvalue weighted by Gasteiger charge is 2.26. The van der Waals surface area contributed by atoms with Crippen LogP contribution >= 0.6 is 0 Å². The van der Waals surface area contributed by atoms with Gasteiger partial charge >= 0.3 is 0 Å². The summed E-state index contributed by atoms with van der Waals surface area (Å²) in [6, 6.07) is 4.78. The molecule has 1 rings (SSSR count). The van der Waals surface area contributed by atoms with E-state index in [9.17, 15) is 13.0 Å². The van der Waals surface area contributed by atoms with Crippen LogP contribution in [0, 0.1) is 0 Å². The number of hydrogen-bond donors (Lipinski definition) is 1. The summed E-state index contributed by atoms with van der Waals surface area (Å²) < 4.78 is 31.8. The monoisotopic (exact) mass is 240 g/mol. The number of hydrogen-bond acceptors (Lipinski definition) is 2. The highest BCUT2D eigenvalue weighted by molar-refractivity contribution is 7.85. The van der Waals surface area contributed by atoms with Crippen molar-refractivity contribution in [2.75, 3.05) is 0 Å². The van der Waals surface area contributed by atoms with Crippen molar-refractivity contribution in [3.05, 3.63) is 35.9 Å². The van der Waals surface area contributed by atoms with E-state index in [1.807, 2.05) is 20.8 Å². The first-order chi connectivity index (χ1) is 7.18. The van der Waals surface area contributed by atoms with Crippen molar-refractivity contribution in [1.82, 2.24) is 0 Å². The van der Waals surface area contributed by atoms with Gasteiger partial charge in [0.05, 0.1) is 4.90 Å². The van der Waals surface area contributed by atoms with Gasteiger partial charge in [0.1, 0.15) is 0 Å². The van der Waals surface area contributed by atoms with Gasteiger partial charge < -0.3 is 0 Å². The van der Waals surface area contributed by atoms with E-state index in [1.165, 1.54) is 6.07 Å².